The van der Waals surface area contributed by atoms with E-state index >= 15 is 0 Å². The fourth-order valence-electron chi connectivity index (χ4n) is 3.00. The molecule has 4 rings (SSSR count). The molecule has 0 bridgehead atoms. The van der Waals surface area contributed by atoms with E-state index in [0.717, 1.165) is 24.8 Å². The summed E-state index contributed by atoms with van der Waals surface area (Å²) in [6.45, 7) is 0.430. The number of rotatable bonds is 7. The van der Waals surface area contributed by atoms with E-state index in [1.54, 1.807) is 12.1 Å². The van der Waals surface area contributed by atoms with Crippen molar-refractivity contribution in [2.24, 2.45) is 5.10 Å². The fourth-order valence-corrected chi connectivity index (χ4v) is 5.38. The highest BCUT2D eigenvalue weighted by atomic mass is 79.9. The Labute approximate surface area is 209 Å². The van der Waals surface area contributed by atoms with Gasteiger partial charge in [-0.1, -0.05) is 30.3 Å². The standard InChI is InChI=1S/C23H15Br2N3O4S/c24-18-8-15(9-19(25)22(18)32-13-14-4-2-1-3-5-14)12-26-27-23(29)21-11-16-10-17(28(30)31)6-7-20(16)33-21/h1-12H,13H2,(H,27,29)/b26-12-. The van der Waals surface area contributed by atoms with Crippen LogP contribution in [0, 0.1) is 10.1 Å². The molecule has 0 aliphatic carbocycles. The fraction of sp³-hybridized carbons (Fsp3) is 0.0435. The third kappa shape index (κ3) is 5.65. The van der Waals surface area contributed by atoms with E-state index in [-0.39, 0.29) is 5.69 Å². The molecule has 3 aromatic carbocycles. The molecule has 1 aromatic heterocycles. The molecule has 1 amide bonds. The van der Waals surface area contributed by atoms with Gasteiger partial charge >= 0.3 is 0 Å². The topological polar surface area (TPSA) is 93.8 Å². The Balaban J connectivity index is 1.42. The predicted molar refractivity (Wildman–Crippen MR) is 136 cm³/mol. The Bertz CT molecular complexity index is 1350. The monoisotopic (exact) mass is 587 g/mol. The quantitative estimate of drug-likeness (QED) is 0.148. The van der Waals surface area contributed by atoms with Gasteiger partial charge in [-0.15, -0.1) is 11.3 Å². The number of nitrogens with one attached hydrogen (secondary N) is 1. The van der Waals surface area contributed by atoms with Crippen LogP contribution in [0.25, 0.3) is 10.1 Å². The number of hydrazone groups is 1. The molecule has 0 aliphatic rings. The molecule has 0 saturated carbocycles. The zero-order chi connectivity index (χ0) is 23.4. The number of nitro benzene ring substituents is 1. The van der Waals surface area contributed by atoms with Crippen molar-refractivity contribution in [1.82, 2.24) is 5.43 Å². The van der Waals surface area contributed by atoms with Gasteiger partial charge in [-0.25, -0.2) is 5.43 Å². The molecule has 1 N–H and O–H groups in total. The van der Waals surface area contributed by atoms with Crippen molar-refractivity contribution in [3.8, 4) is 5.75 Å². The van der Waals surface area contributed by atoms with Gasteiger partial charge in [0.05, 0.1) is 25.0 Å². The summed E-state index contributed by atoms with van der Waals surface area (Å²) in [4.78, 5) is 23.3. The largest absolute Gasteiger partial charge is 0.487 e. The van der Waals surface area contributed by atoms with Gasteiger partial charge in [0.15, 0.2) is 0 Å². The summed E-state index contributed by atoms with van der Waals surface area (Å²) in [5.41, 5.74) is 4.27. The molecule has 33 heavy (non-hydrogen) atoms. The Morgan fingerprint density at radius 2 is 1.82 bits per heavy atom. The van der Waals surface area contributed by atoms with Crippen LogP contribution in [0.1, 0.15) is 20.8 Å². The van der Waals surface area contributed by atoms with E-state index in [4.69, 9.17) is 4.74 Å². The lowest BCUT2D eigenvalue weighted by Gasteiger charge is -2.11. The maximum absolute atomic E-state index is 12.4. The number of nitrogens with zero attached hydrogens (tertiary/aromatic N) is 2. The number of non-ortho nitro benzene ring substituents is 1. The van der Waals surface area contributed by atoms with Crippen LogP contribution in [0.5, 0.6) is 5.75 Å². The van der Waals surface area contributed by atoms with Crippen molar-refractivity contribution >= 4 is 71.1 Å². The van der Waals surface area contributed by atoms with Gasteiger partial charge in [-0.3, -0.25) is 14.9 Å². The summed E-state index contributed by atoms with van der Waals surface area (Å²) < 4.78 is 8.18. The van der Waals surface area contributed by atoms with Gasteiger partial charge in [0.1, 0.15) is 12.4 Å². The van der Waals surface area contributed by atoms with Crippen LogP contribution in [0.2, 0.25) is 0 Å². The molecule has 0 unspecified atom stereocenters. The van der Waals surface area contributed by atoms with Gasteiger partial charge < -0.3 is 4.74 Å². The van der Waals surface area contributed by atoms with Crippen LogP contribution < -0.4 is 10.2 Å². The Morgan fingerprint density at radius 1 is 1.09 bits per heavy atom. The smallest absolute Gasteiger partial charge is 0.281 e. The second-order valence-electron chi connectivity index (χ2n) is 6.88. The van der Waals surface area contributed by atoms with Crippen LogP contribution in [0.4, 0.5) is 5.69 Å². The van der Waals surface area contributed by atoms with Crippen molar-refractivity contribution in [2.45, 2.75) is 6.61 Å². The number of hydrogen-bond donors (Lipinski definition) is 1. The van der Waals surface area contributed by atoms with Crippen LogP contribution in [-0.2, 0) is 6.61 Å². The van der Waals surface area contributed by atoms with Crippen LogP contribution >= 0.6 is 43.2 Å². The lowest BCUT2D eigenvalue weighted by molar-refractivity contribution is -0.384. The minimum absolute atomic E-state index is 0.0161. The summed E-state index contributed by atoms with van der Waals surface area (Å²) in [7, 11) is 0. The number of ether oxygens (including phenoxy) is 1. The summed E-state index contributed by atoms with van der Waals surface area (Å²) >= 11 is 8.27. The minimum Gasteiger partial charge on any atom is -0.487 e. The van der Waals surface area contributed by atoms with Crippen molar-refractivity contribution in [3.05, 3.63) is 102 Å². The highest BCUT2D eigenvalue weighted by Crippen LogP contribution is 2.35. The van der Waals surface area contributed by atoms with E-state index < -0.39 is 10.8 Å². The molecule has 0 spiro atoms. The molecule has 10 heteroatoms. The first kappa shape index (κ1) is 23.1. The first-order valence-corrected chi connectivity index (χ1v) is 12.0. The van der Waals surface area contributed by atoms with Crippen LogP contribution in [-0.4, -0.2) is 17.0 Å². The number of halogens is 2. The molecule has 0 fully saturated rings. The highest BCUT2D eigenvalue weighted by Gasteiger charge is 2.13. The molecule has 0 saturated heterocycles. The Morgan fingerprint density at radius 3 is 2.52 bits per heavy atom. The molecular formula is C23H15Br2N3O4S. The van der Waals surface area contributed by atoms with E-state index in [2.05, 4.69) is 42.4 Å². The van der Waals surface area contributed by atoms with E-state index in [9.17, 15) is 14.9 Å². The Hall–Kier alpha value is -3.08. The molecule has 4 aromatic rings. The molecular weight excluding hydrogens is 574 g/mol. The number of nitro groups is 1. The number of hydrogen-bond acceptors (Lipinski definition) is 6. The minimum atomic E-state index is -0.463. The summed E-state index contributed by atoms with van der Waals surface area (Å²) in [5.74, 6) is 0.274. The van der Waals surface area contributed by atoms with E-state index in [1.807, 2.05) is 42.5 Å². The zero-order valence-corrected chi connectivity index (χ0v) is 20.8. The van der Waals surface area contributed by atoms with Gasteiger partial charge in [0, 0.05) is 22.2 Å². The van der Waals surface area contributed by atoms with Gasteiger partial charge in [0.25, 0.3) is 11.6 Å². The highest BCUT2D eigenvalue weighted by molar-refractivity contribution is 9.11. The molecule has 166 valence electrons. The Kier molecular flexibility index (Phi) is 7.17. The SMILES string of the molecule is O=C(N/N=C\c1cc(Br)c(OCc2ccccc2)c(Br)c1)c1cc2cc([N+](=O)[O-])ccc2s1. The second kappa shape index (κ2) is 10.2. The van der Waals surface area contributed by atoms with Crippen molar-refractivity contribution in [1.29, 1.82) is 0 Å². The third-order valence-corrected chi connectivity index (χ3v) is 6.85. The lowest BCUT2D eigenvalue weighted by Crippen LogP contribution is -2.16. The summed E-state index contributed by atoms with van der Waals surface area (Å²) in [5, 5.41) is 15.6. The summed E-state index contributed by atoms with van der Waals surface area (Å²) in [6, 6.07) is 19.6. The zero-order valence-electron chi connectivity index (χ0n) is 16.8. The number of amides is 1. The van der Waals surface area contributed by atoms with Crippen molar-refractivity contribution in [2.75, 3.05) is 0 Å². The van der Waals surface area contributed by atoms with Gasteiger partial charge in [-0.2, -0.15) is 5.10 Å². The lowest BCUT2D eigenvalue weighted by atomic mass is 10.2. The number of benzene rings is 3. The average molecular weight is 589 g/mol. The number of carbonyl (C=O) groups excluding carboxylic acids is 1. The molecule has 1 heterocycles. The number of thiophene rings is 1. The molecule has 0 aliphatic heterocycles. The first-order valence-electron chi connectivity index (χ1n) is 9.58. The normalized spacial score (nSPS) is 11.1. The van der Waals surface area contributed by atoms with Crippen LogP contribution in [0.3, 0.4) is 0 Å². The van der Waals surface area contributed by atoms with Crippen molar-refractivity contribution < 1.29 is 14.5 Å². The second-order valence-corrected chi connectivity index (χ2v) is 9.67. The van der Waals surface area contributed by atoms with Gasteiger partial charge in [-0.05, 0) is 67.3 Å². The van der Waals surface area contributed by atoms with E-state index in [1.165, 1.54) is 29.7 Å². The first-order chi connectivity index (χ1) is 15.9. The molecule has 7 nitrogen and oxygen atoms in total. The maximum Gasteiger partial charge on any atom is 0.281 e. The maximum atomic E-state index is 12.4. The average Bonchev–Trinajstić information content (AvgIpc) is 3.23. The number of fused-ring (bicyclic) bond motifs is 1. The predicted octanol–water partition coefficient (Wildman–Crippen LogP) is 6.68. The molecule has 0 radical (unpaired) electrons. The summed E-state index contributed by atoms with van der Waals surface area (Å²) in [6.07, 6.45) is 1.52. The van der Waals surface area contributed by atoms with E-state index in [0.29, 0.717) is 22.6 Å². The van der Waals surface area contributed by atoms with Gasteiger partial charge in [0.2, 0.25) is 0 Å². The third-order valence-electron chi connectivity index (χ3n) is 4.56. The molecule has 0 atom stereocenters. The van der Waals surface area contributed by atoms with Crippen LogP contribution in [0.15, 0.2) is 80.8 Å². The van der Waals surface area contributed by atoms with Crippen molar-refractivity contribution in [3.63, 3.8) is 0 Å². The number of carbonyl (C=O) groups is 1.